The third-order valence-corrected chi connectivity index (χ3v) is 7.28. The molecular formula is C22H27FN4O4S. The van der Waals surface area contributed by atoms with Crippen LogP contribution in [0.2, 0.25) is 0 Å². The molecule has 1 aliphatic rings. The zero-order valence-corrected chi connectivity index (χ0v) is 18.9. The van der Waals surface area contributed by atoms with Gasteiger partial charge in [0.1, 0.15) is 5.82 Å². The average Bonchev–Trinajstić information content (AvgIpc) is 3.29. The Morgan fingerprint density at radius 1 is 1.06 bits per heavy atom. The van der Waals surface area contributed by atoms with E-state index in [4.69, 9.17) is 0 Å². The highest BCUT2D eigenvalue weighted by Crippen LogP contribution is 2.22. The van der Waals surface area contributed by atoms with Gasteiger partial charge in [-0.3, -0.25) is 14.5 Å². The highest BCUT2D eigenvalue weighted by Gasteiger charge is 2.27. The number of nitrogens with zero attached hydrogens (tertiary/aromatic N) is 2. The Balaban J connectivity index is 1.54. The van der Waals surface area contributed by atoms with Crippen LogP contribution >= 0.6 is 0 Å². The monoisotopic (exact) mass is 462 g/mol. The molecular weight excluding hydrogens is 435 g/mol. The molecule has 2 aromatic rings. The molecule has 0 spiro atoms. The lowest BCUT2D eigenvalue weighted by Gasteiger charge is -2.23. The Morgan fingerprint density at radius 3 is 2.34 bits per heavy atom. The summed E-state index contributed by atoms with van der Waals surface area (Å²) in [5.74, 6) is -1.18. The topological polar surface area (TPSA) is 98.8 Å². The molecule has 1 aliphatic heterocycles. The average molecular weight is 463 g/mol. The minimum atomic E-state index is -3.51. The van der Waals surface area contributed by atoms with Crippen molar-refractivity contribution in [3.63, 3.8) is 0 Å². The number of amides is 2. The first-order valence-corrected chi connectivity index (χ1v) is 11.8. The summed E-state index contributed by atoms with van der Waals surface area (Å²) in [6, 6.07) is 11.0. The van der Waals surface area contributed by atoms with Crippen LogP contribution in [0.4, 0.5) is 15.8 Å². The third-order valence-electron chi connectivity index (χ3n) is 5.37. The summed E-state index contributed by atoms with van der Waals surface area (Å²) in [5.41, 5.74) is 0.796. The van der Waals surface area contributed by atoms with Crippen molar-refractivity contribution in [3.8, 4) is 0 Å². The van der Waals surface area contributed by atoms with E-state index in [9.17, 15) is 22.4 Å². The number of sulfonamides is 1. The van der Waals surface area contributed by atoms with E-state index in [0.717, 1.165) is 12.8 Å². The fourth-order valence-electron chi connectivity index (χ4n) is 3.36. The summed E-state index contributed by atoms with van der Waals surface area (Å²) < 4.78 is 39.9. The van der Waals surface area contributed by atoms with Gasteiger partial charge in [-0.1, -0.05) is 6.07 Å². The zero-order chi connectivity index (χ0) is 23.3. The maximum Gasteiger partial charge on any atom is 0.243 e. The van der Waals surface area contributed by atoms with Gasteiger partial charge in [0.05, 0.1) is 17.5 Å². The standard InChI is InChI=1S/C22H27FN4O4S/c1-16(26(2)15-21(28)24-19-7-5-6-17(23)14-19)22(29)25-18-8-10-20(11-9-18)32(30,31)27-12-3-4-13-27/h5-11,14,16H,3-4,12-13,15H2,1-2H3,(H,24,28)(H,25,29)/t16-/m0/s1. The molecule has 0 saturated carbocycles. The molecule has 0 aliphatic carbocycles. The maximum atomic E-state index is 13.2. The van der Waals surface area contributed by atoms with Gasteiger partial charge in [-0.25, -0.2) is 12.8 Å². The van der Waals surface area contributed by atoms with E-state index in [1.54, 1.807) is 37.1 Å². The van der Waals surface area contributed by atoms with Gasteiger partial charge in [-0.15, -0.1) is 0 Å². The first-order valence-electron chi connectivity index (χ1n) is 10.3. The van der Waals surface area contributed by atoms with Gasteiger partial charge in [0, 0.05) is 24.5 Å². The quantitative estimate of drug-likeness (QED) is 0.628. The third kappa shape index (κ3) is 5.90. The van der Waals surface area contributed by atoms with Crippen LogP contribution in [0.3, 0.4) is 0 Å². The van der Waals surface area contributed by atoms with Gasteiger partial charge in [0.25, 0.3) is 0 Å². The molecule has 0 bridgehead atoms. The van der Waals surface area contributed by atoms with Crippen LogP contribution in [0.15, 0.2) is 53.4 Å². The lowest BCUT2D eigenvalue weighted by atomic mass is 10.2. The smallest absolute Gasteiger partial charge is 0.243 e. The first-order chi connectivity index (χ1) is 15.2. The van der Waals surface area contributed by atoms with Crippen molar-refractivity contribution in [3.05, 3.63) is 54.3 Å². The van der Waals surface area contributed by atoms with Crippen LogP contribution in [0.5, 0.6) is 0 Å². The van der Waals surface area contributed by atoms with Crippen LogP contribution in [0.25, 0.3) is 0 Å². The number of benzene rings is 2. The number of hydrogen-bond donors (Lipinski definition) is 2. The lowest BCUT2D eigenvalue weighted by molar-refractivity contribution is -0.122. The first kappa shape index (κ1) is 23.8. The van der Waals surface area contributed by atoms with Crippen molar-refractivity contribution in [2.45, 2.75) is 30.7 Å². The SMILES string of the molecule is C[C@@H](C(=O)Nc1ccc(S(=O)(=O)N2CCCC2)cc1)N(C)CC(=O)Nc1cccc(F)c1. The van der Waals surface area contributed by atoms with Gasteiger partial charge in [0.2, 0.25) is 21.8 Å². The zero-order valence-electron chi connectivity index (χ0n) is 18.0. The molecule has 8 nitrogen and oxygen atoms in total. The van der Waals surface area contributed by atoms with Gasteiger partial charge < -0.3 is 10.6 Å². The summed E-state index contributed by atoms with van der Waals surface area (Å²) in [5, 5.41) is 5.32. The Kier molecular flexibility index (Phi) is 7.60. The molecule has 0 unspecified atom stereocenters. The van der Waals surface area contributed by atoms with Crippen LogP contribution in [-0.4, -0.2) is 62.2 Å². The number of rotatable bonds is 8. The van der Waals surface area contributed by atoms with Gasteiger partial charge >= 0.3 is 0 Å². The molecule has 10 heteroatoms. The number of nitrogens with one attached hydrogen (secondary N) is 2. The van der Waals surface area contributed by atoms with E-state index in [-0.39, 0.29) is 23.3 Å². The van der Waals surface area contributed by atoms with E-state index in [0.29, 0.717) is 24.5 Å². The van der Waals surface area contributed by atoms with Crippen molar-refractivity contribution >= 4 is 33.2 Å². The van der Waals surface area contributed by atoms with E-state index < -0.39 is 21.9 Å². The Labute approximate surface area is 187 Å². The lowest BCUT2D eigenvalue weighted by Crippen LogP contribution is -2.43. The van der Waals surface area contributed by atoms with Crippen molar-refractivity contribution in [2.75, 3.05) is 37.3 Å². The molecule has 1 heterocycles. The second kappa shape index (κ2) is 10.2. The Bertz CT molecular complexity index is 1070. The molecule has 1 fully saturated rings. The number of halogens is 1. The minimum Gasteiger partial charge on any atom is -0.325 e. The van der Waals surface area contributed by atoms with Gasteiger partial charge in [0.15, 0.2) is 0 Å². The van der Waals surface area contributed by atoms with E-state index in [2.05, 4.69) is 10.6 Å². The summed E-state index contributed by atoms with van der Waals surface area (Å²) in [7, 11) is -1.89. The molecule has 1 atom stereocenters. The van der Waals surface area contributed by atoms with Crippen molar-refractivity contribution in [1.29, 1.82) is 0 Å². The molecule has 32 heavy (non-hydrogen) atoms. The predicted octanol–water partition coefficient (Wildman–Crippen LogP) is 2.51. The summed E-state index contributed by atoms with van der Waals surface area (Å²) in [6.45, 7) is 2.63. The summed E-state index contributed by atoms with van der Waals surface area (Å²) in [6.07, 6.45) is 1.72. The van der Waals surface area contributed by atoms with Crippen molar-refractivity contribution in [1.82, 2.24) is 9.21 Å². The highest BCUT2D eigenvalue weighted by molar-refractivity contribution is 7.89. The molecule has 3 rings (SSSR count). The molecule has 2 aromatic carbocycles. The molecule has 1 saturated heterocycles. The minimum absolute atomic E-state index is 0.0713. The second-order valence-electron chi connectivity index (χ2n) is 7.77. The number of hydrogen-bond acceptors (Lipinski definition) is 5. The van der Waals surface area contributed by atoms with E-state index in [1.807, 2.05) is 0 Å². The summed E-state index contributed by atoms with van der Waals surface area (Å²) >= 11 is 0. The van der Waals surface area contributed by atoms with Crippen LogP contribution in [0.1, 0.15) is 19.8 Å². The molecule has 172 valence electrons. The fraction of sp³-hybridized carbons (Fsp3) is 0.364. The van der Waals surface area contributed by atoms with Gasteiger partial charge in [-0.05, 0) is 69.3 Å². The van der Waals surface area contributed by atoms with Crippen LogP contribution in [-0.2, 0) is 19.6 Å². The largest absolute Gasteiger partial charge is 0.325 e. The van der Waals surface area contributed by atoms with E-state index in [1.165, 1.54) is 34.6 Å². The number of carbonyl (C=O) groups is 2. The molecule has 2 N–H and O–H groups in total. The number of anilines is 2. The Morgan fingerprint density at radius 2 is 1.72 bits per heavy atom. The maximum absolute atomic E-state index is 13.2. The number of likely N-dealkylation sites (N-methyl/N-ethyl adjacent to an activating group) is 1. The second-order valence-corrected chi connectivity index (χ2v) is 9.71. The van der Waals surface area contributed by atoms with Crippen LogP contribution in [0, 0.1) is 5.82 Å². The Hall–Kier alpha value is -2.82. The van der Waals surface area contributed by atoms with Crippen molar-refractivity contribution in [2.24, 2.45) is 0 Å². The highest BCUT2D eigenvalue weighted by atomic mass is 32.2. The van der Waals surface area contributed by atoms with Crippen molar-refractivity contribution < 1.29 is 22.4 Å². The van der Waals surface area contributed by atoms with Gasteiger partial charge in [-0.2, -0.15) is 4.31 Å². The normalized spacial score (nSPS) is 15.5. The predicted molar refractivity (Wildman–Crippen MR) is 120 cm³/mol. The summed E-state index contributed by atoms with van der Waals surface area (Å²) in [4.78, 5) is 26.5. The molecule has 0 radical (unpaired) electrons. The fourth-order valence-corrected chi connectivity index (χ4v) is 4.88. The van der Waals surface area contributed by atoms with E-state index >= 15 is 0 Å². The van der Waals surface area contributed by atoms with Crippen LogP contribution < -0.4 is 10.6 Å². The molecule has 2 amide bonds. The number of carbonyl (C=O) groups excluding carboxylic acids is 2. The molecule has 0 aromatic heterocycles.